The SMILES string of the molecule is O=C(CCS(=O)(=O)c1ccccc1)Nc1nc(-c2csc(NC(=O)CCS(=O)(=O)c3ccccc3)n2)cs1. The molecule has 0 saturated heterocycles. The third-order valence-corrected chi connectivity index (χ3v) is 10.1. The smallest absolute Gasteiger partial charge is 0.227 e. The molecule has 0 fully saturated rings. The first-order valence-corrected chi connectivity index (χ1v) is 16.3. The van der Waals surface area contributed by atoms with Crippen LogP contribution in [0.4, 0.5) is 10.3 Å². The van der Waals surface area contributed by atoms with Gasteiger partial charge in [-0.25, -0.2) is 26.8 Å². The second-order valence-electron chi connectivity index (χ2n) is 7.94. The first-order valence-electron chi connectivity index (χ1n) is 11.2. The fourth-order valence-corrected chi connectivity index (χ4v) is 7.17. The van der Waals surface area contributed by atoms with Crippen LogP contribution in [0, 0.1) is 0 Å². The molecule has 0 saturated carbocycles. The maximum atomic E-state index is 12.4. The van der Waals surface area contributed by atoms with E-state index in [0.29, 0.717) is 11.4 Å². The number of sulfone groups is 2. The van der Waals surface area contributed by atoms with E-state index in [2.05, 4.69) is 20.6 Å². The lowest BCUT2D eigenvalue weighted by Crippen LogP contribution is -2.17. The highest BCUT2D eigenvalue weighted by atomic mass is 32.2. The summed E-state index contributed by atoms with van der Waals surface area (Å²) in [5, 5.41) is 9.09. The molecule has 2 heterocycles. The zero-order valence-corrected chi connectivity index (χ0v) is 23.0. The minimum atomic E-state index is -3.57. The van der Waals surface area contributed by atoms with E-state index in [1.165, 1.54) is 24.3 Å². The van der Waals surface area contributed by atoms with Gasteiger partial charge in [0.2, 0.25) is 11.8 Å². The molecule has 2 amide bonds. The first-order chi connectivity index (χ1) is 18.1. The molecule has 198 valence electrons. The maximum Gasteiger partial charge on any atom is 0.227 e. The van der Waals surface area contributed by atoms with Crippen LogP contribution >= 0.6 is 22.7 Å². The Hall–Kier alpha value is -3.46. The average Bonchev–Trinajstić information content (AvgIpc) is 3.57. The Bertz CT molecular complexity index is 1510. The molecule has 0 spiro atoms. The van der Waals surface area contributed by atoms with Gasteiger partial charge in [0.15, 0.2) is 29.9 Å². The van der Waals surface area contributed by atoms with E-state index >= 15 is 0 Å². The number of anilines is 2. The summed E-state index contributed by atoms with van der Waals surface area (Å²) in [6.45, 7) is 0. The van der Waals surface area contributed by atoms with Gasteiger partial charge in [0.25, 0.3) is 0 Å². The molecule has 10 nitrogen and oxygen atoms in total. The van der Waals surface area contributed by atoms with Crippen molar-refractivity contribution < 1.29 is 26.4 Å². The molecule has 0 aliphatic heterocycles. The van der Waals surface area contributed by atoms with Crippen LogP contribution in [-0.2, 0) is 29.3 Å². The first kappa shape index (κ1) is 27.6. The zero-order valence-electron chi connectivity index (χ0n) is 19.7. The van der Waals surface area contributed by atoms with E-state index in [4.69, 9.17) is 0 Å². The lowest BCUT2D eigenvalue weighted by molar-refractivity contribution is -0.116. The van der Waals surface area contributed by atoms with Crippen molar-refractivity contribution in [3.05, 3.63) is 71.4 Å². The number of hydrogen-bond acceptors (Lipinski definition) is 10. The van der Waals surface area contributed by atoms with E-state index in [1.807, 2.05) is 0 Å². The standard InChI is InChI=1S/C24H22N4O6S4/c29-21(11-13-37(31,32)17-7-3-1-4-8-17)27-23-25-19(15-35-23)20-16-36-24(26-20)28-22(30)12-14-38(33,34)18-9-5-2-6-10-18/h1-10,15-16H,11-14H2,(H,25,27,29)(H,26,28,30). The summed E-state index contributed by atoms with van der Waals surface area (Å²) in [6, 6.07) is 15.8. The van der Waals surface area contributed by atoms with Crippen LogP contribution < -0.4 is 10.6 Å². The maximum absolute atomic E-state index is 12.4. The Morgan fingerprint density at radius 1 is 0.632 bits per heavy atom. The monoisotopic (exact) mass is 590 g/mol. The number of aromatic nitrogens is 2. The Labute approximate surface area is 227 Å². The van der Waals surface area contributed by atoms with Crippen LogP contribution in [0.5, 0.6) is 0 Å². The van der Waals surface area contributed by atoms with Gasteiger partial charge >= 0.3 is 0 Å². The van der Waals surface area contributed by atoms with Gasteiger partial charge in [0.1, 0.15) is 11.4 Å². The fraction of sp³-hybridized carbons (Fsp3) is 0.167. The summed E-state index contributed by atoms with van der Waals surface area (Å²) in [5.74, 6) is -1.63. The van der Waals surface area contributed by atoms with Crippen molar-refractivity contribution in [1.29, 1.82) is 0 Å². The molecule has 0 radical (unpaired) electrons. The molecule has 2 N–H and O–H groups in total. The van der Waals surface area contributed by atoms with Crippen molar-refractivity contribution >= 4 is 64.4 Å². The van der Waals surface area contributed by atoms with Crippen molar-refractivity contribution in [3.8, 4) is 11.4 Å². The third-order valence-electron chi connectivity index (χ3n) is 5.16. The van der Waals surface area contributed by atoms with Gasteiger partial charge in [-0.05, 0) is 24.3 Å². The largest absolute Gasteiger partial charge is 0.302 e. The summed E-state index contributed by atoms with van der Waals surface area (Å²) in [6.07, 6.45) is -0.446. The van der Waals surface area contributed by atoms with E-state index < -0.39 is 31.5 Å². The van der Waals surface area contributed by atoms with E-state index in [0.717, 1.165) is 22.7 Å². The summed E-state index contributed by atoms with van der Waals surface area (Å²) < 4.78 is 49.4. The van der Waals surface area contributed by atoms with Crippen LogP contribution in [0.1, 0.15) is 12.8 Å². The Kier molecular flexibility index (Phi) is 8.66. The highest BCUT2D eigenvalue weighted by molar-refractivity contribution is 7.91. The predicted molar refractivity (Wildman–Crippen MR) is 147 cm³/mol. The van der Waals surface area contributed by atoms with Crippen molar-refractivity contribution in [2.45, 2.75) is 22.6 Å². The van der Waals surface area contributed by atoms with Crippen LogP contribution in [0.25, 0.3) is 11.4 Å². The summed E-state index contributed by atoms with van der Waals surface area (Å²) in [4.78, 5) is 33.5. The molecule has 0 bridgehead atoms. The summed E-state index contributed by atoms with van der Waals surface area (Å²) in [7, 11) is -7.15. The van der Waals surface area contributed by atoms with Crippen molar-refractivity contribution in [2.24, 2.45) is 0 Å². The Morgan fingerprint density at radius 3 is 1.37 bits per heavy atom. The molecule has 0 aliphatic carbocycles. The van der Waals surface area contributed by atoms with Gasteiger partial charge in [-0.3, -0.25) is 9.59 Å². The van der Waals surface area contributed by atoms with Gasteiger partial charge < -0.3 is 10.6 Å². The molecular weight excluding hydrogens is 569 g/mol. The number of benzene rings is 2. The van der Waals surface area contributed by atoms with Crippen molar-refractivity contribution in [3.63, 3.8) is 0 Å². The van der Waals surface area contributed by atoms with Crippen LogP contribution in [0.2, 0.25) is 0 Å². The second-order valence-corrected chi connectivity index (χ2v) is 13.9. The molecule has 0 atom stereocenters. The summed E-state index contributed by atoms with van der Waals surface area (Å²) in [5.41, 5.74) is 0.927. The van der Waals surface area contributed by atoms with Crippen LogP contribution in [0.15, 0.2) is 81.2 Å². The number of thiazole rings is 2. The molecule has 4 rings (SSSR count). The second kappa shape index (κ2) is 11.9. The van der Waals surface area contributed by atoms with Crippen LogP contribution in [-0.4, -0.2) is 50.1 Å². The molecule has 14 heteroatoms. The van der Waals surface area contributed by atoms with E-state index in [1.54, 1.807) is 47.2 Å². The highest BCUT2D eigenvalue weighted by Crippen LogP contribution is 2.28. The number of hydrogen-bond donors (Lipinski definition) is 2. The summed E-state index contributed by atoms with van der Waals surface area (Å²) >= 11 is 2.30. The quantitative estimate of drug-likeness (QED) is 0.267. The Morgan fingerprint density at radius 2 is 1.00 bits per heavy atom. The number of carbonyl (C=O) groups excluding carboxylic acids is 2. The molecule has 2 aromatic carbocycles. The fourth-order valence-electron chi connectivity index (χ4n) is 3.21. The Balaban J connectivity index is 1.28. The topological polar surface area (TPSA) is 152 Å². The molecule has 2 aromatic heterocycles. The molecular formula is C24H22N4O6S4. The number of rotatable bonds is 11. The van der Waals surface area contributed by atoms with Gasteiger partial charge in [0.05, 0.1) is 21.3 Å². The molecule has 38 heavy (non-hydrogen) atoms. The number of nitrogens with zero attached hydrogens (tertiary/aromatic N) is 2. The minimum absolute atomic E-state index is 0.161. The van der Waals surface area contributed by atoms with Crippen molar-refractivity contribution in [2.75, 3.05) is 22.1 Å². The number of amides is 2. The zero-order chi connectivity index (χ0) is 27.2. The van der Waals surface area contributed by atoms with Gasteiger partial charge in [0, 0.05) is 23.6 Å². The van der Waals surface area contributed by atoms with E-state index in [9.17, 15) is 26.4 Å². The van der Waals surface area contributed by atoms with Crippen molar-refractivity contribution in [1.82, 2.24) is 9.97 Å². The number of nitrogens with one attached hydrogen (secondary N) is 2. The lowest BCUT2D eigenvalue weighted by Gasteiger charge is -2.04. The lowest BCUT2D eigenvalue weighted by atomic mass is 10.4. The van der Waals surface area contributed by atoms with E-state index in [-0.39, 0.29) is 44.4 Å². The normalized spacial score (nSPS) is 11.7. The highest BCUT2D eigenvalue weighted by Gasteiger charge is 2.19. The van der Waals surface area contributed by atoms with Crippen LogP contribution in [0.3, 0.4) is 0 Å². The molecule has 0 aliphatic rings. The molecule has 4 aromatic rings. The van der Waals surface area contributed by atoms with Gasteiger partial charge in [-0.15, -0.1) is 22.7 Å². The average molecular weight is 591 g/mol. The number of carbonyl (C=O) groups is 2. The minimum Gasteiger partial charge on any atom is -0.302 e. The van der Waals surface area contributed by atoms with Gasteiger partial charge in [-0.2, -0.15) is 0 Å². The molecule has 0 unspecified atom stereocenters. The van der Waals surface area contributed by atoms with Gasteiger partial charge in [-0.1, -0.05) is 36.4 Å². The third kappa shape index (κ3) is 7.31. The predicted octanol–water partition coefficient (Wildman–Crippen LogP) is 3.87.